The highest BCUT2D eigenvalue weighted by molar-refractivity contribution is 5.80. The molecule has 4 nitrogen and oxygen atoms in total. The Balaban J connectivity index is 2.82. The molecule has 0 saturated heterocycles. The third kappa shape index (κ3) is 5.68. The molecule has 2 N–H and O–H groups in total. The van der Waals surface area contributed by atoms with Crippen LogP contribution in [0.2, 0.25) is 0 Å². The third-order valence-electron chi connectivity index (χ3n) is 3.65. The number of nitrogens with zero attached hydrogens (tertiary/aromatic N) is 1. The average Bonchev–Trinajstić information content (AvgIpc) is 2.45. The van der Waals surface area contributed by atoms with Gasteiger partial charge in [0.2, 0.25) is 0 Å². The van der Waals surface area contributed by atoms with Gasteiger partial charge in [-0.3, -0.25) is 4.99 Å². The highest BCUT2D eigenvalue weighted by atomic mass is 16.5. The van der Waals surface area contributed by atoms with Crippen molar-refractivity contribution >= 4 is 5.96 Å². The second-order valence-corrected chi connectivity index (χ2v) is 6.39. The van der Waals surface area contributed by atoms with Crippen LogP contribution in [-0.4, -0.2) is 38.8 Å². The van der Waals surface area contributed by atoms with Crippen molar-refractivity contribution in [2.75, 3.05) is 26.8 Å². The minimum atomic E-state index is -0.00180. The molecule has 0 aromatic heterocycles. The van der Waals surface area contributed by atoms with E-state index < -0.39 is 0 Å². The Hall–Kier alpha value is -1.55. The molecule has 0 heterocycles. The first kappa shape index (κ1) is 18.5. The molecule has 0 fully saturated rings. The van der Waals surface area contributed by atoms with E-state index in [-0.39, 0.29) is 11.5 Å². The molecule has 1 rings (SSSR count). The summed E-state index contributed by atoms with van der Waals surface area (Å²) in [6, 6.07) is 8.75. The number of benzene rings is 1. The minimum Gasteiger partial charge on any atom is -0.383 e. The van der Waals surface area contributed by atoms with Crippen molar-refractivity contribution in [3.8, 4) is 0 Å². The second-order valence-electron chi connectivity index (χ2n) is 6.39. The van der Waals surface area contributed by atoms with Crippen molar-refractivity contribution in [2.24, 2.45) is 4.99 Å². The van der Waals surface area contributed by atoms with Gasteiger partial charge in [-0.05, 0) is 31.9 Å². The normalized spacial score (nSPS) is 13.8. The molecule has 124 valence electrons. The Bertz CT molecular complexity index is 483. The zero-order valence-corrected chi connectivity index (χ0v) is 14.9. The van der Waals surface area contributed by atoms with Crippen molar-refractivity contribution in [1.82, 2.24) is 10.6 Å². The van der Waals surface area contributed by atoms with E-state index in [0.717, 1.165) is 19.0 Å². The Morgan fingerprint density at radius 1 is 1.32 bits per heavy atom. The quantitative estimate of drug-likeness (QED) is 0.601. The van der Waals surface area contributed by atoms with E-state index in [1.807, 2.05) is 0 Å². The molecule has 0 saturated carbocycles. The van der Waals surface area contributed by atoms with Crippen LogP contribution in [-0.2, 0) is 10.2 Å². The molecule has 0 spiro atoms. The molecule has 4 heteroatoms. The van der Waals surface area contributed by atoms with Gasteiger partial charge in [0.15, 0.2) is 5.96 Å². The number of ether oxygens (including phenoxy) is 1. The van der Waals surface area contributed by atoms with Gasteiger partial charge in [0.05, 0.1) is 13.2 Å². The molecule has 1 unspecified atom stereocenters. The zero-order chi connectivity index (χ0) is 16.6. The van der Waals surface area contributed by atoms with Gasteiger partial charge >= 0.3 is 0 Å². The Labute approximate surface area is 135 Å². The summed E-state index contributed by atoms with van der Waals surface area (Å²) in [5.74, 6) is 0.841. The topological polar surface area (TPSA) is 45.7 Å². The second kappa shape index (κ2) is 8.79. The molecule has 0 aliphatic rings. The molecule has 1 aromatic rings. The van der Waals surface area contributed by atoms with E-state index in [4.69, 9.17) is 9.73 Å². The summed E-state index contributed by atoms with van der Waals surface area (Å²) in [6.45, 7) is 13.0. The van der Waals surface area contributed by atoms with E-state index in [2.05, 4.69) is 69.5 Å². The molecule has 0 radical (unpaired) electrons. The molecule has 1 aromatic carbocycles. The van der Waals surface area contributed by atoms with Gasteiger partial charge in [-0.1, -0.05) is 38.1 Å². The standard InChI is InChI=1S/C18H31N3O/c1-7-19-17(21-15(3)12-22-6)20-13-18(4,5)16-11-9-8-10-14(16)2/h8-11,15H,7,12-13H2,1-6H3,(H2,19,20,21). The molecule has 0 aliphatic carbocycles. The van der Waals surface area contributed by atoms with Gasteiger partial charge < -0.3 is 15.4 Å². The predicted octanol–water partition coefficient (Wildman–Crippen LogP) is 2.86. The SMILES string of the molecule is CCNC(=NCC(C)(C)c1ccccc1C)NC(C)COC. The highest BCUT2D eigenvalue weighted by Gasteiger charge is 2.22. The van der Waals surface area contributed by atoms with Crippen LogP contribution in [0.1, 0.15) is 38.8 Å². The molecule has 0 amide bonds. The maximum absolute atomic E-state index is 5.17. The maximum Gasteiger partial charge on any atom is 0.191 e. The monoisotopic (exact) mass is 305 g/mol. The Morgan fingerprint density at radius 3 is 2.59 bits per heavy atom. The van der Waals surface area contributed by atoms with Crippen LogP contribution in [0.25, 0.3) is 0 Å². The first-order chi connectivity index (χ1) is 10.4. The largest absolute Gasteiger partial charge is 0.383 e. The van der Waals surface area contributed by atoms with Gasteiger partial charge in [-0.15, -0.1) is 0 Å². The first-order valence-corrected chi connectivity index (χ1v) is 8.00. The Morgan fingerprint density at radius 2 is 2.00 bits per heavy atom. The lowest BCUT2D eigenvalue weighted by Gasteiger charge is -2.26. The smallest absolute Gasteiger partial charge is 0.191 e. The summed E-state index contributed by atoms with van der Waals surface area (Å²) in [5, 5.41) is 6.67. The summed E-state index contributed by atoms with van der Waals surface area (Å²) in [5.41, 5.74) is 2.66. The molecular weight excluding hydrogens is 274 g/mol. The molecule has 1 atom stereocenters. The van der Waals surface area contributed by atoms with Crippen LogP contribution in [0.15, 0.2) is 29.3 Å². The highest BCUT2D eigenvalue weighted by Crippen LogP contribution is 2.26. The average molecular weight is 305 g/mol. The van der Waals surface area contributed by atoms with Crippen LogP contribution in [0.3, 0.4) is 0 Å². The molecule has 0 aliphatic heterocycles. The molecule has 22 heavy (non-hydrogen) atoms. The fraction of sp³-hybridized carbons (Fsp3) is 0.611. The maximum atomic E-state index is 5.17. The van der Waals surface area contributed by atoms with Crippen molar-refractivity contribution < 1.29 is 4.74 Å². The van der Waals surface area contributed by atoms with E-state index in [0.29, 0.717) is 6.61 Å². The Kier molecular flexibility index (Phi) is 7.39. The van der Waals surface area contributed by atoms with E-state index in [9.17, 15) is 0 Å². The van der Waals surface area contributed by atoms with Gasteiger partial charge in [0.1, 0.15) is 0 Å². The summed E-state index contributed by atoms with van der Waals surface area (Å²) < 4.78 is 5.17. The summed E-state index contributed by atoms with van der Waals surface area (Å²) in [4.78, 5) is 4.76. The van der Waals surface area contributed by atoms with E-state index >= 15 is 0 Å². The fourth-order valence-electron chi connectivity index (χ4n) is 2.54. The van der Waals surface area contributed by atoms with Crippen LogP contribution >= 0.6 is 0 Å². The van der Waals surface area contributed by atoms with Gasteiger partial charge in [-0.2, -0.15) is 0 Å². The van der Waals surface area contributed by atoms with Crippen molar-refractivity contribution in [2.45, 2.75) is 46.1 Å². The number of guanidine groups is 1. The summed E-state index contributed by atoms with van der Waals surface area (Å²) >= 11 is 0. The number of hydrogen-bond acceptors (Lipinski definition) is 2. The van der Waals surface area contributed by atoms with E-state index in [1.54, 1.807) is 7.11 Å². The van der Waals surface area contributed by atoms with Crippen molar-refractivity contribution in [3.63, 3.8) is 0 Å². The lowest BCUT2D eigenvalue weighted by atomic mass is 9.82. The fourth-order valence-corrected chi connectivity index (χ4v) is 2.54. The number of aliphatic imine (C=N–C) groups is 1. The van der Waals surface area contributed by atoms with Gasteiger partial charge in [0, 0.05) is 25.1 Å². The van der Waals surface area contributed by atoms with Crippen LogP contribution in [0.5, 0.6) is 0 Å². The lowest BCUT2D eigenvalue weighted by Crippen LogP contribution is -2.44. The van der Waals surface area contributed by atoms with Crippen LogP contribution in [0.4, 0.5) is 0 Å². The summed E-state index contributed by atoms with van der Waals surface area (Å²) in [7, 11) is 1.71. The zero-order valence-electron chi connectivity index (χ0n) is 14.9. The van der Waals surface area contributed by atoms with Crippen molar-refractivity contribution in [3.05, 3.63) is 35.4 Å². The first-order valence-electron chi connectivity index (χ1n) is 8.00. The van der Waals surface area contributed by atoms with Gasteiger partial charge in [0.25, 0.3) is 0 Å². The van der Waals surface area contributed by atoms with Crippen LogP contribution < -0.4 is 10.6 Å². The van der Waals surface area contributed by atoms with E-state index in [1.165, 1.54) is 11.1 Å². The molecule has 0 bridgehead atoms. The number of aryl methyl sites for hydroxylation is 1. The summed E-state index contributed by atoms with van der Waals surface area (Å²) in [6.07, 6.45) is 0. The predicted molar refractivity (Wildman–Crippen MR) is 94.7 cm³/mol. The number of nitrogens with one attached hydrogen (secondary N) is 2. The number of hydrogen-bond donors (Lipinski definition) is 2. The van der Waals surface area contributed by atoms with Gasteiger partial charge in [-0.25, -0.2) is 0 Å². The minimum absolute atomic E-state index is 0.00180. The number of methoxy groups -OCH3 is 1. The molecular formula is C18H31N3O. The number of rotatable bonds is 7. The van der Waals surface area contributed by atoms with Crippen LogP contribution in [0, 0.1) is 6.92 Å². The van der Waals surface area contributed by atoms with Crippen molar-refractivity contribution in [1.29, 1.82) is 0 Å². The lowest BCUT2D eigenvalue weighted by molar-refractivity contribution is 0.179. The third-order valence-corrected chi connectivity index (χ3v) is 3.65.